The molecule has 0 amide bonds. The van der Waals surface area contributed by atoms with E-state index >= 15 is 0 Å². The van der Waals surface area contributed by atoms with Crippen molar-refractivity contribution in [1.29, 1.82) is 0 Å². The van der Waals surface area contributed by atoms with Crippen LogP contribution in [-0.4, -0.2) is 486 Å². The number of aromatic nitrogens is 1. The molecular formula is C96H150N2O48S3. The molecule has 850 valence electrons. The fraction of sp³-hybridized carbons (Fsp3) is 0.833. The number of Topliss-reactive ketones (excluding diaryl/α,β-unsaturated/α-hetero) is 3. The first-order valence-electron chi connectivity index (χ1n) is 50.3. The summed E-state index contributed by atoms with van der Waals surface area (Å²) in [6.07, 6.45) is -68.5. The smallest absolute Gasteiger partial charge is 0.309 e. The Morgan fingerprint density at radius 3 is 1.32 bits per heavy atom. The number of aryl methyl sites for hydroxylation is 1. The van der Waals surface area contributed by atoms with Gasteiger partial charge in [-0.25, -0.2) is 4.98 Å². The van der Waals surface area contributed by atoms with Gasteiger partial charge in [-0.15, -0.1) is 17.9 Å². The number of ketones is 3. The number of carbonyl (C=O) groups excluding carboxylic acids is 5. The Morgan fingerprint density at radius 2 is 0.933 bits per heavy atom. The number of benzene rings is 1. The maximum Gasteiger partial charge on any atom is 0.309 e. The number of carboxylic acids is 2. The highest BCUT2D eigenvalue weighted by Gasteiger charge is 2.62. The Hall–Kier alpha value is -5.08. The number of aliphatic carboxylic acids is 2. The fourth-order valence-corrected chi connectivity index (χ4v) is 22.7. The lowest BCUT2D eigenvalue weighted by atomic mass is 9.71. The Labute approximate surface area is 871 Å². The zero-order valence-corrected chi connectivity index (χ0v) is 86.3. The number of nitrogens with zero attached hydrogens (tertiary/aromatic N) is 1. The molecule has 0 radical (unpaired) electrons. The minimum absolute atomic E-state index is 0.0656. The summed E-state index contributed by atoms with van der Waals surface area (Å²) >= 11 is 3.33. The molecule has 53 heteroatoms. The lowest BCUT2D eigenvalue weighted by molar-refractivity contribution is -0.395. The maximum absolute atomic E-state index is 14.2. The Bertz CT molecular complexity index is 4530. The maximum atomic E-state index is 14.2. The number of hydrogen-bond donors (Lipinski definition) is 23. The Morgan fingerprint density at radius 1 is 0.537 bits per heavy atom. The molecule has 50 nitrogen and oxygen atoms in total. The van der Waals surface area contributed by atoms with E-state index in [4.69, 9.17) is 95.7 Å². The van der Waals surface area contributed by atoms with Gasteiger partial charge in [-0.05, 0) is 89.5 Å². The second-order valence-corrected chi connectivity index (χ2v) is 43.3. The molecule has 1 aromatic heterocycles. The Balaban J connectivity index is 0.000000380. The van der Waals surface area contributed by atoms with Crippen molar-refractivity contribution in [1.82, 2.24) is 4.98 Å². The van der Waals surface area contributed by atoms with E-state index in [1.54, 1.807) is 38.2 Å². The van der Waals surface area contributed by atoms with E-state index in [1.807, 2.05) is 32.0 Å². The van der Waals surface area contributed by atoms with E-state index in [-0.39, 0.29) is 117 Å². The predicted molar refractivity (Wildman–Crippen MR) is 512 cm³/mol. The number of epoxide rings is 1. The van der Waals surface area contributed by atoms with Gasteiger partial charge in [0.1, 0.15) is 188 Å². The number of aliphatic hydroxyl groups is 20. The van der Waals surface area contributed by atoms with E-state index in [1.165, 1.54) is 6.92 Å². The third-order valence-electron chi connectivity index (χ3n) is 28.6. The number of cyclic esters (lactones) is 1. The van der Waals surface area contributed by atoms with Gasteiger partial charge in [0.15, 0.2) is 44.0 Å². The van der Waals surface area contributed by atoms with Crippen LogP contribution in [0.5, 0.6) is 0 Å². The molecule has 23 saturated heterocycles. The fourth-order valence-electron chi connectivity index (χ4n) is 19.4. The molecule has 0 spiro atoms. The first-order chi connectivity index (χ1) is 70.8. The molecular weight excluding hydrogens is 2050 g/mol. The van der Waals surface area contributed by atoms with E-state index in [0.717, 1.165) is 76.4 Å². The molecule has 23 aliphatic rings. The van der Waals surface area contributed by atoms with Gasteiger partial charge in [0.05, 0.1) is 134 Å². The van der Waals surface area contributed by atoms with Crippen molar-refractivity contribution in [2.45, 2.75) is 383 Å². The van der Waals surface area contributed by atoms with Crippen LogP contribution in [0.15, 0.2) is 30.9 Å². The van der Waals surface area contributed by atoms with Crippen LogP contribution in [0.2, 0.25) is 0 Å². The van der Waals surface area contributed by atoms with Crippen molar-refractivity contribution >= 4 is 86.3 Å². The number of thioether (sulfide) groups is 2. The molecule has 16 unspecified atom stereocenters. The standard InChI is InChI=1S/C60H98O41S2.C36H52N2O7S/c1-3-21(52(82)83)16-102-18-29-50-36(73)43(80)59(93-29)98-48-27(14-64)89-55(39(76)32(48)69)95-45-24(11-61)88-54(38(75)31(45)68)96-46-26(13-63)92-58(42(79)35(46)72)101-51-30(19-103-17-22(53(84)85)10-23(67)5-7-87-9-8-86-6-4-20(2)66)94-60(44(81)37(51)74)99-49-28(15-65)90-56(40(77)33(49)70)97-47-25(12-62)91-57(100-50)41(78)34(47)71;1-7-12-25-33(44-31(40)14-9-8-10-18-37)22(2)13-11-17-36(6)30(45-36)20-27(24-15-16-28-26(19-24)38-23(3)46-28)43-32(41)21-29(39)35(4,5)34(25)42/h21-22,24-51,54-65,68-81H,3-19H2,1-2H3,(H,82,83)(H,84,85);7,15-16,19,22,25,27,29-30,33,39H,1,8-14,17-18,20-21,37H2,2-6H3/t21?,22?,24?,25?,26?,27?,28?,29?,30?,31-,32-,33-,34-,35-,36-,37-,38?,39?,40?,41?,42?,43?,44?,45-,46-,47-,48-,49-,50-,51-,54-,55-,56+,57-,58-,59+,60-;22-,25+,27-,29-,30-,33-,36+/m10/s1. The number of esters is 2. The monoisotopic (exact) mass is 2190 g/mol. The van der Waals surface area contributed by atoms with Gasteiger partial charge in [0.25, 0.3) is 0 Å². The number of fused-ring (bicyclic) bond motifs is 2. The summed E-state index contributed by atoms with van der Waals surface area (Å²) in [7, 11) is 0. The van der Waals surface area contributed by atoms with Crippen molar-refractivity contribution in [3.05, 3.63) is 41.4 Å². The number of rotatable bonds is 36. The minimum Gasteiger partial charge on any atom is -0.481 e. The molecule has 0 saturated carbocycles. The van der Waals surface area contributed by atoms with Crippen LogP contribution in [-0.2, 0) is 124 Å². The lowest BCUT2D eigenvalue weighted by Gasteiger charge is -2.50. The number of hydrogen-bond acceptors (Lipinski definition) is 51. The van der Waals surface area contributed by atoms with Crippen LogP contribution < -0.4 is 5.73 Å². The number of carboxylic acid groups (broad SMARTS) is 2. The SMILES string of the molecule is C=CC[C@H]1C(=O)C(C)(C)[C@@H](O)CC(=O)O[C@H](c2ccc3sc(C)nc3c2)C[C@@H]2O[C@]2(C)CCC[C@H](C)[C@@H]1OC(=O)CCCCCN.CCC(CSCC1O[C@H]2O[C@@H]3C(CO)O[C@H](O[C@@H]4C(CO)O[C@H](O[C@@H]5C(CO)O[C@H](O[C@@H]6C(CSCC(CC(=O)CCOCCOCCC(C)=O)C(=O)O)O[C@H](O[C@@H]7C(CO)O[C@@H](O[C@@H]8C(CO)O[C@H](O[C@H]1[C@H](O)C2O)C(O)[C@H]8O)C(O)[C@H]7O)C(O)[C@H]6O)C(O)[C@H]5O)C(O)[C@H]4O)C(O)[C@H]3O)C(=O)O. The highest BCUT2D eigenvalue weighted by molar-refractivity contribution is 7.99. The molecule has 149 heavy (non-hydrogen) atoms. The normalized spacial score (nSPS) is 40.5. The van der Waals surface area contributed by atoms with Crippen LogP contribution >= 0.6 is 34.9 Å². The van der Waals surface area contributed by atoms with Crippen molar-refractivity contribution in [2.75, 3.05) is 89.0 Å². The predicted octanol–water partition coefficient (Wildman–Crippen LogP) is -5.05. The third kappa shape index (κ3) is 31.6. The average molecular weight is 2200 g/mol. The second-order valence-electron chi connectivity index (χ2n) is 40.0. The molecule has 44 atom stereocenters. The summed E-state index contributed by atoms with van der Waals surface area (Å²) in [6, 6.07) is 5.91. The molecule has 24 heterocycles. The van der Waals surface area contributed by atoms with Crippen LogP contribution in [0.4, 0.5) is 0 Å². The summed E-state index contributed by atoms with van der Waals surface area (Å²) in [4.78, 5) is 94.1. The Kier molecular flexibility index (Phi) is 47.8. The molecule has 2 aromatic rings. The summed E-state index contributed by atoms with van der Waals surface area (Å²) in [5, 5.41) is 249. The lowest BCUT2D eigenvalue weighted by Crippen LogP contribution is -2.68. The highest BCUT2D eigenvalue weighted by atomic mass is 32.2. The molecule has 0 aliphatic carbocycles. The van der Waals surface area contributed by atoms with Gasteiger partial charge in [-0.3, -0.25) is 33.6 Å². The molecule has 23 aliphatic heterocycles. The molecule has 14 bridgehead atoms. The van der Waals surface area contributed by atoms with Crippen molar-refractivity contribution < 1.29 is 236 Å². The molecule has 1 aromatic carbocycles. The molecule has 23 fully saturated rings. The average Bonchev–Trinajstić information content (AvgIpc) is 1.75. The van der Waals surface area contributed by atoms with E-state index in [9.17, 15) is 146 Å². The highest BCUT2D eigenvalue weighted by Crippen LogP contribution is 2.49. The quantitative estimate of drug-likeness (QED) is 0.0131. The van der Waals surface area contributed by atoms with E-state index in [2.05, 4.69) is 18.5 Å². The van der Waals surface area contributed by atoms with Gasteiger partial charge >= 0.3 is 23.9 Å². The summed E-state index contributed by atoms with van der Waals surface area (Å²) in [5.74, 6) is -8.82. The topological polar surface area (TPSA) is 782 Å². The first kappa shape index (κ1) is 124. The molecule has 24 N–H and O–H groups in total. The summed E-state index contributed by atoms with van der Waals surface area (Å²) < 4.78 is 113. The van der Waals surface area contributed by atoms with Gasteiger partial charge in [-0.1, -0.05) is 52.7 Å². The largest absolute Gasteiger partial charge is 0.481 e. The number of carbonyl (C=O) groups is 7. The van der Waals surface area contributed by atoms with Crippen molar-refractivity contribution in [3.63, 3.8) is 0 Å². The van der Waals surface area contributed by atoms with Crippen molar-refractivity contribution in [2.24, 2.45) is 34.8 Å². The minimum atomic E-state index is -2.31. The zero-order valence-electron chi connectivity index (χ0n) is 83.8. The van der Waals surface area contributed by atoms with Gasteiger partial charge in [-0.2, -0.15) is 23.5 Å². The summed E-state index contributed by atoms with van der Waals surface area (Å²) in [5.41, 5.74) is 5.57. The number of allylic oxidation sites excluding steroid dienone is 1. The van der Waals surface area contributed by atoms with E-state index in [0.29, 0.717) is 19.4 Å². The van der Waals surface area contributed by atoms with Gasteiger partial charge < -0.3 is 208 Å². The number of ether oxygens (including phenoxy) is 19. The number of thiazole rings is 1. The number of aliphatic hydroxyl groups excluding tert-OH is 20. The van der Waals surface area contributed by atoms with Crippen LogP contribution in [0.1, 0.15) is 148 Å². The second kappa shape index (κ2) is 57.4. The van der Waals surface area contributed by atoms with Crippen molar-refractivity contribution in [3.8, 4) is 0 Å². The first-order valence-corrected chi connectivity index (χ1v) is 53.4. The van der Waals surface area contributed by atoms with Gasteiger partial charge in [0.2, 0.25) is 0 Å². The molecule has 25 rings (SSSR count). The third-order valence-corrected chi connectivity index (χ3v) is 32.0. The van der Waals surface area contributed by atoms with Gasteiger partial charge in [0, 0.05) is 55.1 Å². The number of nitrogens with two attached hydrogens (primary N) is 1. The zero-order chi connectivity index (χ0) is 109. The van der Waals surface area contributed by atoms with E-state index < -0.39 is 325 Å². The number of unbranched alkanes of at least 4 members (excludes halogenated alkanes) is 2. The van der Waals surface area contributed by atoms with Crippen LogP contribution in [0, 0.1) is 36.0 Å². The van der Waals surface area contributed by atoms with Crippen LogP contribution in [0.25, 0.3) is 10.2 Å². The summed E-state index contributed by atoms with van der Waals surface area (Å²) in [6.45, 7) is 11.5. The van der Waals surface area contributed by atoms with Crippen LogP contribution in [0.3, 0.4) is 0 Å².